The molecule has 3 aromatic rings. The molecule has 0 bridgehead atoms. The smallest absolute Gasteiger partial charge is 0.0628 e. The first-order valence-corrected chi connectivity index (χ1v) is 8.25. The summed E-state index contributed by atoms with van der Waals surface area (Å²) in [4.78, 5) is 0. The first kappa shape index (κ1) is 14.6. The Morgan fingerprint density at radius 3 is 2.52 bits per heavy atom. The lowest BCUT2D eigenvalue weighted by atomic mass is 9.98. The molecule has 3 aromatic carbocycles. The Balaban J connectivity index is 1.89. The lowest BCUT2D eigenvalue weighted by molar-refractivity contribution is 0.910. The van der Waals surface area contributed by atoms with Gasteiger partial charge in [-0.25, -0.2) is 0 Å². The molecule has 1 unspecified atom stereocenters. The molecule has 0 aliphatic rings. The quantitative estimate of drug-likeness (QED) is 0.472. The van der Waals surface area contributed by atoms with Gasteiger partial charge in [0.2, 0.25) is 0 Å². The van der Waals surface area contributed by atoms with Crippen LogP contribution in [-0.2, 0) is 6.42 Å². The van der Waals surface area contributed by atoms with Gasteiger partial charge in [0.1, 0.15) is 0 Å². The molecule has 0 N–H and O–H groups in total. The second kappa shape index (κ2) is 6.21. The van der Waals surface area contributed by atoms with Crippen molar-refractivity contribution in [2.45, 2.75) is 18.7 Å². The second-order valence-electron chi connectivity index (χ2n) is 5.31. The number of fused-ring (bicyclic) bond motifs is 1. The Bertz CT molecular complexity index is 779. The van der Waals surface area contributed by atoms with Crippen LogP contribution in [0.25, 0.3) is 10.8 Å². The van der Waals surface area contributed by atoms with Crippen LogP contribution >= 0.6 is 27.5 Å². The third kappa shape index (κ3) is 3.14. The van der Waals surface area contributed by atoms with Gasteiger partial charge in [-0.1, -0.05) is 70.5 Å². The summed E-state index contributed by atoms with van der Waals surface area (Å²) >= 11 is 10.2. The molecule has 3 rings (SSSR count). The minimum absolute atomic E-state index is 0.0105. The molecule has 0 aromatic heterocycles. The molecule has 0 fully saturated rings. The monoisotopic (exact) mass is 358 g/mol. The highest BCUT2D eigenvalue weighted by molar-refractivity contribution is 9.10. The van der Waals surface area contributed by atoms with E-state index in [9.17, 15) is 0 Å². The van der Waals surface area contributed by atoms with E-state index in [2.05, 4.69) is 77.5 Å². The molecule has 0 saturated heterocycles. The fourth-order valence-electron chi connectivity index (χ4n) is 2.65. The molecule has 0 spiro atoms. The van der Waals surface area contributed by atoms with Crippen molar-refractivity contribution in [2.75, 3.05) is 0 Å². The van der Waals surface area contributed by atoms with Crippen molar-refractivity contribution in [3.63, 3.8) is 0 Å². The van der Waals surface area contributed by atoms with E-state index in [1.807, 2.05) is 6.07 Å². The molecule has 0 radical (unpaired) electrons. The zero-order valence-corrected chi connectivity index (χ0v) is 14.2. The van der Waals surface area contributed by atoms with Crippen LogP contribution in [0.5, 0.6) is 0 Å². The number of hydrogen-bond acceptors (Lipinski definition) is 0. The summed E-state index contributed by atoms with van der Waals surface area (Å²) in [6, 6.07) is 21.2. The van der Waals surface area contributed by atoms with Crippen molar-refractivity contribution in [3.05, 3.63) is 81.8 Å². The van der Waals surface area contributed by atoms with Crippen LogP contribution in [0.15, 0.2) is 65.1 Å². The van der Waals surface area contributed by atoms with E-state index in [0.29, 0.717) is 0 Å². The van der Waals surface area contributed by atoms with Crippen LogP contribution in [0, 0.1) is 6.92 Å². The molecule has 0 amide bonds. The minimum Gasteiger partial charge on any atom is -0.117 e. The maximum absolute atomic E-state index is 6.65. The standard InChI is InChI=1S/C19H16BrCl/c1-13-17(7-4-8-18(13)20)19(21)12-14-9-10-15-5-2-3-6-16(15)11-14/h2-11,19H,12H2,1H3. The van der Waals surface area contributed by atoms with E-state index < -0.39 is 0 Å². The van der Waals surface area contributed by atoms with Gasteiger partial charge in [-0.2, -0.15) is 0 Å². The molecule has 0 nitrogen and oxygen atoms in total. The van der Waals surface area contributed by atoms with Gasteiger partial charge in [0, 0.05) is 4.47 Å². The van der Waals surface area contributed by atoms with Crippen LogP contribution < -0.4 is 0 Å². The number of benzene rings is 3. The summed E-state index contributed by atoms with van der Waals surface area (Å²) in [5.74, 6) is 0. The Hall–Kier alpha value is -1.31. The number of rotatable bonds is 3. The largest absolute Gasteiger partial charge is 0.117 e. The van der Waals surface area contributed by atoms with Crippen molar-refractivity contribution in [1.82, 2.24) is 0 Å². The van der Waals surface area contributed by atoms with Gasteiger partial charge < -0.3 is 0 Å². The Kier molecular flexibility index (Phi) is 4.32. The van der Waals surface area contributed by atoms with Crippen molar-refractivity contribution in [1.29, 1.82) is 0 Å². The van der Waals surface area contributed by atoms with E-state index in [1.54, 1.807) is 0 Å². The normalized spacial score (nSPS) is 12.5. The highest BCUT2D eigenvalue weighted by Crippen LogP contribution is 2.31. The molecule has 2 heteroatoms. The minimum atomic E-state index is -0.0105. The zero-order chi connectivity index (χ0) is 14.8. The molecular weight excluding hydrogens is 344 g/mol. The Morgan fingerprint density at radius 1 is 0.952 bits per heavy atom. The number of halogens is 2. The van der Waals surface area contributed by atoms with Crippen LogP contribution in [0.2, 0.25) is 0 Å². The van der Waals surface area contributed by atoms with E-state index in [4.69, 9.17) is 11.6 Å². The zero-order valence-electron chi connectivity index (χ0n) is 11.8. The van der Waals surface area contributed by atoms with Gasteiger partial charge in [-0.15, -0.1) is 11.6 Å². The maximum atomic E-state index is 6.65. The summed E-state index contributed by atoms with van der Waals surface area (Å²) in [6.45, 7) is 2.11. The molecule has 106 valence electrons. The fraction of sp³-hybridized carbons (Fsp3) is 0.158. The maximum Gasteiger partial charge on any atom is 0.0628 e. The summed E-state index contributed by atoms with van der Waals surface area (Å²) in [5, 5.41) is 2.53. The van der Waals surface area contributed by atoms with Gasteiger partial charge in [-0.05, 0) is 46.9 Å². The molecule has 1 atom stereocenters. The molecule has 0 heterocycles. The SMILES string of the molecule is Cc1c(Br)cccc1C(Cl)Cc1ccc2ccccc2c1. The number of alkyl halides is 1. The highest BCUT2D eigenvalue weighted by Gasteiger charge is 2.13. The fourth-order valence-corrected chi connectivity index (χ4v) is 3.44. The average molecular weight is 360 g/mol. The predicted molar refractivity (Wildman–Crippen MR) is 95.1 cm³/mol. The third-order valence-electron chi connectivity index (χ3n) is 3.88. The lowest BCUT2D eigenvalue weighted by Crippen LogP contribution is -1.99. The van der Waals surface area contributed by atoms with E-state index in [1.165, 1.54) is 27.5 Å². The van der Waals surface area contributed by atoms with Gasteiger partial charge in [-0.3, -0.25) is 0 Å². The Morgan fingerprint density at radius 2 is 1.71 bits per heavy atom. The Labute approximate surface area is 138 Å². The van der Waals surface area contributed by atoms with Gasteiger partial charge in [0.25, 0.3) is 0 Å². The molecule has 0 aliphatic heterocycles. The predicted octanol–water partition coefficient (Wildman–Crippen LogP) is 6.43. The van der Waals surface area contributed by atoms with Gasteiger partial charge >= 0.3 is 0 Å². The number of hydrogen-bond donors (Lipinski definition) is 0. The average Bonchev–Trinajstić information content (AvgIpc) is 2.50. The van der Waals surface area contributed by atoms with Crippen molar-refractivity contribution in [2.24, 2.45) is 0 Å². The van der Waals surface area contributed by atoms with Crippen molar-refractivity contribution in [3.8, 4) is 0 Å². The molecule has 0 saturated carbocycles. The van der Waals surface area contributed by atoms with Gasteiger partial charge in [0.05, 0.1) is 5.38 Å². The second-order valence-corrected chi connectivity index (χ2v) is 6.69. The highest BCUT2D eigenvalue weighted by atomic mass is 79.9. The lowest BCUT2D eigenvalue weighted by Gasteiger charge is -2.14. The summed E-state index contributed by atoms with van der Waals surface area (Å²) in [7, 11) is 0. The van der Waals surface area contributed by atoms with Crippen molar-refractivity contribution >= 4 is 38.3 Å². The van der Waals surface area contributed by atoms with E-state index >= 15 is 0 Å². The first-order chi connectivity index (χ1) is 10.1. The molecule has 0 aliphatic carbocycles. The summed E-state index contributed by atoms with van der Waals surface area (Å²) in [5.41, 5.74) is 3.69. The van der Waals surface area contributed by atoms with E-state index in [0.717, 1.165) is 10.9 Å². The van der Waals surface area contributed by atoms with Crippen LogP contribution in [-0.4, -0.2) is 0 Å². The third-order valence-corrected chi connectivity index (χ3v) is 5.12. The molecule has 21 heavy (non-hydrogen) atoms. The summed E-state index contributed by atoms with van der Waals surface area (Å²) < 4.78 is 1.11. The van der Waals surface area contributed by atoms with Crippen LogP contribution in [0.4, 0.5) is 0 Å². The summed E-state index contributed by atoms with van der Waals surface area (Å²) in [6.07, 6.45) is 0.837. The van der Waals surface area contributed by atoms with Crippen molar-refractivity contribution < 1.29 is 0 Å². The van der Waals surface area contributed by atoms with E-state index in [-0.39, 0.29) is 5.38 Å². The topological polar surface area (TPSA) is 0 Å². The van der Waals surface area contributed by atoms with Crippen LogP contribution in [0.1, 0.15) is 22.1 Å². The van der Waals surface area contributed by atoms with Gasteiger partial charge in [0.15, 0.2) is 0 Å². The molecular formula is C19H16BrCl. The van der Waals surface area contributed by atoms with Crippen LogP contribution in [0.3, 0.4) is 0 Å². The first-order valence-electron chi connectivity index (χ1n) is 7.02.